The van der Waals surface area contributed by atoms with E-state index in [0.29, 0.717) is 11.7 Å². The highest BCUT2D eigenvalue weighted by molar-refractivity contribution is 5.44. The van der Waals surface area contributed by atoms with Gasteiger partial charge in [-0.1, -0.05) is 32.8 Å². The Bertz CT molecular complexity index is 284. The molecule has 4 heteroatoms. The number of nitrogens with two attached hydrogens (primary N) is 1. The molecule has 1 aromatic heterocycles. The van der Waals surface area contributed by atoms with Crippen LogP contribution in [0.5, 0.6) is 0 Å². The zero-order valence-electron chi connectivity index (χ0n) is 9.46. The van der Waals surface area contributed by atoms with Gasteiger partial charge in [0.1, 0.15) is 11.6 Å². The smallest absolute Gasteiger partial charge is 0.142 e. The van der Waals surface area contributed by atoms with Crippen LogP contribution in [0.2, 0.25) is 0 Å². The molecule has 0 spiro atoms. The van der Waals surface area contributed by atoms with Gasteiger partial charge in [-0.2, -0.15) is 0 Å². The van der Waals surface area contributed by atoms with Crippen LogP contribution in [0, 0.1) is 5.92 Å². The molecule has 0 aliphatic heterocycles. The molecule has 0 aromatic carbocycles. The van der Waals surface area contributed by atoms with Crippen molar-refractivity contribution in [3.05, 3.63) is 18.2 Å². The van der Waals surface area contributed by atoms with E-state index in [1.54, 1.807) is 0 Å². The predicted molar refractivity (Wildman–Crippen MR) is 64.6 cm³/mol. The second-order valence-corrected chi connectivity index (χ2v) is 3.62. The summed E-state index contributed by atoms with van der Waals surface area (Å²) in [4.78, 5) is 4.28. The van der Waals surface area contributed by atoms with Crippen molar-refractivity contribution >= 4 is 11.6 Å². The molecular weight excluding hydrogens is 188 g/mol. The predicted octanol–water partition coefficient (Wildman–Crippen LogP) is 2.22. The molecule has 1 aromatic rings. The number of rotatable bonds is 6. The van der Waals surface area contributed by atoms with Crippen LogP contribution in [0.1, 0.15) is 26.7 Å². The van der Waals surface area contributed by atoms with Crippen molar-refractivity contribution in [2.24, 2.45) is 11.8 Å². The fourth-order valence-electron chi connectivity index (χ4n) is 1.44. The Hall–Kier alpha value is -1.29. The van der Waals surface area contributed by atoms with Gasteiger partial charge in [-0.15, -0.1) is 0 Å². The summed E-state index contributed by atoms with van der Waals surface area (Å²) in [6.45, 7) is 5.39. The van der Waals surface area contributed by atoms with E-state index in [1.807, 2.05) is 18.2 Å². The van der Waals surface area contributed by atoms with E-state index in [-0.39, 0.29) is 0 Å². The van der Waals surface area contributed by atoms with E-state index < -0.39 is 0 Å². The van der Waals surface area contributed by atoms with Gasteiger partial charge in [0, 0.05) is 6.54 Å². The Labute approximate surface area is 91.3 Å². The zero-order chi connectivity index (χ0) is 11.1. The lowest BCUT2D eigenvalue weighted by molar-refractivity contribution is 0.518. The molecule has 0 atom stereocenters. The third kappa shape index (κ3) is 3.75. The molecule has 0 radical (unpaired) electrons. The molecule has 1 rings (SSSR count). The minimum Gasteiger partial charge on any atom is -0.370 e. The number of anilines is 2. The number of hydrazine groups is 1. The fourth-order valence-corrected chi connectivity index (χ4v) is 1.44. The normalized spacial score (nSPS) is 10.4. The molecule has 4 N–H and O–H groups in total. The van der Waals surface area contributed by atoms with Gasteiger partial charge in [-0.3, -0.25) is 0 Å². The first-order valence-electron chi connectivity index (χ1n) is 5.47. The van der Waals surface area contributed by atoms with E-state index in [9.17, 15) is 0 Å². The van der Waals surface area contributed by atoms with Gasteiger partial charge in [0.05, 0.1) is 0 Å². The minimum atomic E-state index is 0.685. The maximum absolute atomic E-state index is 5.29. The van der Waals surface area contributed by atoms with E-state index in [2.05, 4.69) is 29.6 Å². The van der Waals surface area contributed by atoms with Gasteiger partial charge in [-0.25, -0.2) is 10.8 Å². The number of nitrogen functional groups attached to an aromatic ring is 1. The first-order chi connectivity index (χ1) is 7.30. The first-order valence-corrected chi connectivity index (χ1v) is 5.47. The van der Waals surface area contributed by atoms with Crippen LogP contribution in [-0.2, 0) is 0 Å². The lowest BCUT2D eigenvalue weighted by atomic mass is 10.0. The zero-order valence-corrected chi connectivity index (χ0v) is 9.46. The molecule has 84 valence electrons. The van der Waals surface area contributed by atoms with Crippen LogP contribution in [0.3, 0.4) is 0 Å². The Morgan fingerprint density at radius 3 is 2.53 bits per heavy atom. The van der Waals surface area contributed by atoms with Crippen molar-refractivity contribution in [2.45, 2.75) is 26.7 Å². The van der Waals surface area contributed by atoms with E-state index in [1.165, 1.54) is 12.8 Å². The summed E-state index contributed by atoms with van der Waals surface area (Å²) in [5.41, 5.74) is 2.53. The molecule has 4 nitrogen and oxygen atoms in total. The van der Waals surface area contributed by atoms with E-state index >= 15 is 0 Å². The van der Waals surface area contributed by atoms with Crippen LogP contribution in [0.15, 0.2) is 18.2 Å². The molecule has 0 amide bonds. The number of pyridine rings is 1. The van der Waals surface area contributed by atoms with Crippen LogP contribution in [0.4, 0.5) is 11.6 Å². The Morgan fingerprint density at radius 2 is 1.93 bits per heavy atom. The fraction of sp³-hybridized carbons (Fsp3) is 0.545. The summed E-state index contributed by atoms with van der Waals surface area (Å²) in [7, 11) is 0. The monoisotopic (exact) mass is 208 g/mol. The Morgan fingerprint density at radius 1 is 1.27 bits per heavy atom. The lowest BCUT2D eigenvalue weighted by Crippen LogP contribution is -2.14. The van der Waals surface area contributed by atoms with Crippen molar-refractivity contribution in [2.75, 3.05) is 17.3 Å². The highest BCUT2D eigenvalue weighted by Crippen LogP contribution is 2.11. The van der Waals surface area contributed by atoms with Crippen LogP contribution < -0.4 is 16.6 Å². The third-order valence-electron chi connectivity index (χ3n) is 2.62. The van der Waals surface area contributed by atoms with Gasteiger partial charge in [-0.05, 0) is 18.1 Å². The van der Waals surface area contributed by atoms with Crippen LogP contribution in [0.25, 0.3) is 0 Å². The molecule has 0 saturated heterocycles. The van der Waals surface area contributed by atoms with Crippen molar-refractivity contribution in [3.63, 3.8) is 0 Å². The largest absolute Gasteiger partial charge is 0.370 e. The van der Waals surface area contributed by atoms with Gasteiger partial charge < -0.3 is 10.7 Å². The van der Waals surface area contributed by atoms with Gasteiger partial charge >= 0.3 is 0 Å². The summed E-state index contributed by atoms with van der Waals surface area (Å²) < 4.78 is 0. The van der Waals surface area contributed by atoms with Crippen LogP contribution >= 0.6 is 0 Å². The van der Waals surface area contributed by atoms with Gasteiger partial charge in [0.25, 0.3) is 0 Å². The molecule has 0 aliphatic rings. The average molecular weight is 208 g/mol. The summed E-state index contributed by atoms with van der Waals surface area (Å²) in [6.07, 6.45) is 2.39. The van der Waals surface area contributed by atoms with Crippen LogP contribution in [-0.4, -0.2) is 11.5 Å². The van der Waals surface area contributed by atoms with Crippen molar-refractivity contribution in [1.82, 2.24) is 4.98 Å². The highest BCUT2D eigenvalue weighted by atomic mass is 15.3. The molecule has 0 fully saturated rings. The molecule has 0 bridgehead atoms. The third-order valence-corrected chi connectivity index (χ3v) is 2.62. The minimum absolute atomic E-state index is 0.685. The summed E-state index contributed by atoms with van der Waals surface area (Å²) in [5.74, 6) is 7.55. The summed E-state index contributed by atoms with van der Waals surface area (Å²) >= 11 is 0. The molecule has 15 heavy (non-hydrogen) atoms. The molecule has 0 saturated carbocycles. The van der Waals surface area contributed by atoms with Crippen molar-refractivity contribution in [1.29, 1.82) is 0 Å². The molecule has 1 heterocycles. The quantitative estimate of drug-likeness (QED) is 0.495. The van der Waals surface area contributed by atoms with Gasteiger partial charge in [0.15, 0.2) is 0 Å². The van der Waals surface area contributed by atoms with Crippen molar-refractivity contribution in [3.8, 4) is 0 Å². The summed E-state index contributed by atoms with van der Waals surface area (Å²) in [5, 5.41) is 3.31. The van der Waals surface area contributed by atoms with Gasteiger partial charge in [0.2, 0.25) is 0 Å². The number of hydrogen-bond acceptors (Lipinski definition) is 4. The van der Waals surface area contributed by atoms with E-state index in [4.69, 9.17) is 5.84 Å². The topological polar surface area (TPSA) is 63.0 Å². The maximum Gasteiger partial charge on any atom is 0.142 e. The Balaban J connectivity index is 2.49. The van der Waals surface area contributed by atoms with E-state index in [0.717, 1.165) is 12.4 Å². The number of aromatic nitrogens is 1. The number of nitrogens with zero attached hydrogens (tertiary/aromatic N) is 1. The van der Waals surface area contributed by atoms with Crippen molar-refractivity contribution < 1.29 is 0 Å². The maximum atomic E-state index is 5.29. The first kappa shape index (κ1) is 11.8. The number of nitrogens with one attached hydrogen (secondary N) is 2. The lowest BCUT2D eigenvalue weighted by Gasteiger charge is -2.13. The highest BCUT2D eigenvalue weighted by Gasteiger charge is 2.03. The molecule has 0 unspecified atom stereocenters. The number of hydrogen-bond donors (Lipinski definition) is 3. The second-order valence-electron chi connectivity index (χ2n) is 3.62. The Kier molecular flexibility index (Phi) is 4.90. The SMILES string of the molecule is CCC(CC)CNc1cccc(NN)n1. The average Bonchev–Trinajstić information content (AvgIpc) is 2.31. The second kappa shape index (κ2) is 6.24. The molecule has 0 aliphatic carbocycles. The standard InChI is InChI=1S/C11H20N4/c1-3-9(4-2)8-13-10-6-5-7-11(14-10)15-12/h5-7,9H,3-4,8,12H2,1-2H3,(H2,13,14,15). The molecular formula is C11H20N4. The summed E-state index contributed by atoms with van der Waals surface area (Å²) in [6, 6.07) is 5.71.